The second kappa shape index (κ2) is 2.81. The van der Waals surface area contributed by atoms with Crippen molar-refractivity contribution in [3.8, 4) is 0 Å². The van der Waals surface area contributed by atoms with Gasteiger partial charge in [-0.1, -0.05) is 0 Å². The first-order valence-electron chi connectivity index (χ1n) is 3.94. The van der Waals surface area contributed by atoms with E-state index in [0.29, 0.717) is 0 Å². The lowest BCUT2D eigenvalue weighted by Crippen LogP contribution is -2.32. The van der Waals surface area contributed by atoms with E-state index in [1.54, 1.807) is 0 Å². The number of hydrogen-bond acceptors (Lipinski definition) is 2. The number of rotatable bonds is 1. The minimum atomic E-state index is -0.227. The van der Waals surface area contributed by atoms with Gasteiger partial charge in [0.15, 0.2) is 0 Å². The maximum Gasteiger partial charge on any atom is 0.249 e. The summed E-state index contributed by atoms with van der Waals surface area (Å²) < 4.78 is 5.50. The van der Waals surface area contributed by atoms with E-state index in [2.05, 4.69) is 5.32 Å². The first kappa shape index (κ1) is 8.53. The zero-order valence-corrected chi connectivity index (χ0v) is 7.31. The molecule has 3 nitrogen and oxygen atoms in total. The molecule has 3 heteroatoms. The molecule has 64 valence electrons. The van der Waals surface area contributed by atoms with Gasteiger partial charge in [0, 0.05) is 6.54 Å². The van der Waals surface area contributed by atoms with Crippen LogP contribution in [-0.2, 0) is 9.53 Å². The lowest BCUT2D eigenvalue weighted by atomic mass is 10.2. The summed E-state index contributed by atoms with van der Waals surface area (Å²) in [6, 6.07) is 0. The molecule has 1 fully saturated rings. The van der Waals surface area contributed by atoms with E-state index in [1.165, 1.54) is 0 Å². The second-order valence-corrected chi connectivity index (χ2v) is 3.80. The summed E-state index contributed by atoms with van der Waals surface area (Å²) in [7, 11) is 0. The molecule has 1 atom stereocenters. The van der Waals surface area contributed by atoms with Crippen molar-refractivity contribution in [3.63, 3.8) is 0 Å². The first-order chi connectivity index (χ1) is 4.99. The molecule has 0 aromatic heterocycles. The molecule has 1 rings (SSSR count). The van der Waals surface area contributed by atoms with E-state index in [1.807, 2.05) is 20.8 Å². The van der Waals surface area contributed by atoms with Crippen molar-refractivity contribution >= 4 is 5.91 Å². The molecule has 1 saturated heterocycles. The third-order valence-corrected chi connectivity index (χ3v) is 1.49. The number of carbonyl (C=O) groups excluding carboxylic acids is 1. The van der Waals surface area contributed by atoms with Crippen molar-refractivity contribution in [3.05, 3.63) is 0 Å². The molecule has 0 spiro atoms. The van der Waals surface area contributed by atoms with Crippen LogP contribution in [-0.4, -0.2) is 24.2 Å². The Bertz CT molecular complexity index is 160. The van der Waals surface area contributed by atoms with Crippen LogP contribution in [0.1, 0.15) is 27.2 Å². The molecule has 0 saturated carbocycles. The number of hydrogen-bond donors (Lipinski definition) is 1. The summed E-state index contributed by atoms with van der Waals surface area (Å²) in [5, 5.41) is 2.73. The van der Waals surface area contributed by atoms with Gasteiger partial charge >= 0.3 is 0 Å². The molecule has 0 aromatic carbocycles. The maximum atomic E-state index is 11.0. The van der Waals surface area contributed by atoms with Crippen LogP contribution < -0.4 is 5.32 Å². The Kier molecular flexibility index (Phi) is 2.18. The summed E-state index contributed by atoms with van der Waals surface area (Å²) in [6.07, 6.45) is 0.575. The van der Waals surface area contributed by atoms with Gasteiger partial charge in [0.05, 0.1) is 5.60 Å². The highest BCUT2D eigenvalue weighted by Crippen LogP contribution is 2.15. The van der Waals surface area contributed by atoms with Crippen LogP contribution in [0.15, 0.2) is 0 Å². The van der Waals surface area contributed by atoms with Gasteiger partial charge in [-0.2, -0.15) is 0 Å². The van der Waals surface area contributed by atoms with Gasteiger partial charge in [0.25, 0.3) is 0 Å². The van der Waals surface area contributed by atoms with Gasteiger partial charge in [0.1, 0.15) is 6.10 Å². The maximum absolute atomic E-state index is 11.0. The topological polar surface area (TPSA) is 38.3 Å². The van der Waals surface area contributed by atoms with Crippen molar-refractivity contribution in [2.24, 2.45) is 0 Å². The van der Waals surface area contributed by atoms with Crippen LogP contribution in [0, 0.1) is 0 Å². The molecule has 0 aliphatic carbocycles. The molecule has 1 amide bonds. The molecule has 0 aromatic rings. The monoisotopic (exact) mass is 157 g/mol. The van der Waals surface area contributed by atoms with E-state index in [-0.39, 0.29) is 17.6 Å². The fourth-order valence-corrected chi connectivity index (χ4v) is 1.11. The fraction of sp³-hybridized carbons (Fsp3) is 0.875. The van der Waals surface area contributed by atoms with Crippen LogP contribution in [0.3, 0.4) is 0 Å². The van der Waals surface area contributed by atoms with Gasteiger partial charge in [-0.05, 0) is 27.2 Å². The zero-order chi connectivity index (χ0) is 8.48. The Morgan fingerprint density at radius 1 is 1.55 bits per heavy atom. The summed E-state index contributed by atoms with van der Waals surface area (Å²) in [4.78, 5) is 11.0. The minimum Gasteiger partial charge on any atom is -0.363 e. The SMILES string of the molecule is CC(C)(C)O[C@@H]1CCNC1=O. The number of amides is 1. The van der Waals surface area contributed by atoms with Gasteiger partial charge in [-0.25, -0.2) is 0 Å². The van der Waals surface area contributed by atoms with Gasteiger partial charge in [-0.3, -0.25) is 4.79 Å². The minimum absolute atomic E-state index is 0.0277. The smallest absolute Gasteiger partial charge is 0.249 e. The van der Waals surface area contributed by atoms with Gasteiger partial charge in [-0.15, -0.1) is 0 Å². The summed E-state index contributed by atoms with van der Waals surface area (Å²) in [6.45, 7) is 6.62. The van der Waals surface area contributed by atoms with E-state index in [4.69, 9.17) is 4.74 Å². The Morgan fingerprint density at radius 2 is 2.18 bits per heavy atom. The summed E-state index contributed by atoms with van der Waals surface area (Å²) in [5.74, 6) is 0.0277. The van der Waals surface area contributed by atoms with Crippen LogP contribution in [0.4, 0.5) is 0 Å². The van der Waals surface area contributed by atoms with Crippen molar-refractivity contribution in [1.82, 2.24) is 5.32 Å². The zero-order valence-electron chi connectivity index (χ0n) is 7.31. The largest absolute Gasteiger partial charge is 0.363 e. The van der Waals surface area contributed by atoms with E-state index in [0.717, 1.165) is 13.0 Å². The van der Waals surface area contributed by atoms with Crippen molar-refractivity contribution < 1.29 is 9.53 Å². The van der Waals surface area contributed by atoms with E-state index >= 15 is 0 Å². The Balaban J connectivity index is 2.43. The molecular formula is C8H15NO2. The predicted molar refractivity (Wildman–Crippen MR) is 42.3 cm³/mol. The molecular weight excluding hydrogens is 142 g/mol. The molecule has 0 bridgehead atoms. The molecule has 1 heterocycles. The Hall–Kier alpha value is -0.570. The average molecular weight is 157 g/mol. The van der Waals surface area contributed by atoms with Gasteiger partial charge in [0.2, 0.25) is 5.91 Å². The molecule has 1 aliphatic rings. The fourth-order valence-electron chi connectivity index (χ4n) is 1.11. The van der Waals surface area contributed by atoms with Crippen LogP contribution in [0.2, 0.25) is 0 Å². The van der Waals surface area contributed by atoms with Crippen LogP contribution >= 0.6 is 0 Å². The summed E-state index contributed by atoms with van der Waals surface area (Å²) >= 11 is 0. The average Bonchev–Trinajstić information content (AvgIpc) is 2.12. The van der Waals surface area contributed by atoms with Crippen LogP contribution in [0.25, 0.3) is 0 Å². The predicted octanol–water partition coefficient (Wildman–Crippen LogP) is 0.690. The first-order valence-corrected chi connectivity index (χ1v) is 3.94. The lowest BCUT2D eigenvalue weighted by Gasteiger charge is -2.22. The highest BCUT2D eigenvalue weighted by Gasteiger charge is 2.28. The van der Waals surface area contributed by atoms with E-state index < -0.39 is 0 Å². The highest BCUT2D eigenvalue weighted by molar-refractivity contribution is 5.82. The molecule has 0 unspecified atom stereocenters. The summed E-state index contributed by atoms with van der Waals surface area (Å²) in [5.41, 5.74) is -0.216. The molecule has 1 N–H and O–H groups in total. The third-order valence-electron chi connectivity index (χ3n) is 1.49. The highest BCUT2D eigenvalue weighted by atomic mass is 16.5. The lowest BCUT2D eigenvalue weighted by molar-refractivity contribution is -0.137. The van der Waals surface area contributed by atoms with Crippen molar-refractivity contribution in [2.45, 2.75) is 38.9 Å². The number of carbonyl (C=O) groups is 1. The standard InChI is InChI=1S/C8H15NO2/c1-8(2,3)11-6-4-5-9-7(6)10/h6H,4-5H2,1-3H3,(H,9,10)/t6-/m1/s1. The Labute approximate surface area is 67.1 Å². The van der Waals surface area contributed by atoms with Gasteiger partial charge < -0.3 is 10.1 Å². The third kappa shape index (κ3) is 2.50. The number of nitrogens with one attached hydrogen (secondary N) is 1. The Morgan fingerprint density at radius 3 is 2.55 bits per heavy atom. The second-order valence-electron chi connectivity index (χ2n) is 3.80. The number of ether oxygens (including phenoxy) is 1. The molecule has 11 heavy (non-hydrogen) atoms. The molecule has 0 radical (unpaired) electrons. The molecule has 1 aliphatic heterocycles. The van der Waals surface area contributed by atoms with Crippen molar-refractivity contribution in [2.75, 3.05) is 6.54 Å². The van der Waals surface area contributed by atoms with Crippen LogP contribution in [0.5, 0.6) is 0 Å². The van der Waals surface area contributed by atoms with E-state index in [9.17, 15) is 4.79 Å². The quantitative estimate of drug-likeness (QED) is 0.608. The van der Waals surface area contributed by atoms with Crippen molar-refractivity contribution in [1.29, 1.82) is 0 Å². The normalized spacial score (nSPS) is 25.4.